The lowest BCUT2D eigenvalue weighted by Gasteiger charge is -2.20. The van der Waals surface area contributed by atoms with Gasteiger partial charge in [0.15, 0.2) is 5.13 Å². The molecule has 162 valence electrons. The third-order valence-corrected chi connectivity index (χ3v) is 6.39. The highest BCUT2D eigenvalue weighted by Gasteiger charge is 2.33. The maximum atomic E-state index is 13.0. The number of fused-ring (bicyclic) bond motifs is 1. The van der Waals surface area contributed by atoms with E-state index in [1.807, 2.05) is 18.2 Å². The lowest BCUT2D eigenvalue weighted by atomic mass is 10.2. The van der Waals surface area contributed by atoms with Gasteiger partial charge in [-0.25, -0.2) is 4.98 Å². The number of anilines is 3. The number of aliphatic hydroxyl groups is 2. The average Bonchev–Trinajstić information content (AvgIpc) is 3.44. The number of benzene rings is 1. The van der Waals surface area contributed by atoms with Crippen LogP contribution in [0, 0.1) is 0 Å². The van der Waals surface area contributed by atoms with E-state index in [-0.39, 0.29) is 23.9 Å². The first kappa shape index (κ1) is 21.2. The van der Waals surface area contributed by atoms with Crippen molar-refractivity contribution in [1.82, 2.24) is 9.36 Å². The third-order valence-electron chi connectivity index (χ3n) is 4.69. The average molecular weight is 461 g/mol. The molecule has 1 aliphatic rings. The number of nitrogens with two attached hydrogens (primary N) is 1. The number of amides is 1. The number of rotatable bonds is 6. The number of thiazole rings is 1. The van der Waals surface area contributed by atoms with Crippen molar-refractivity contribution in [2.24, 2.45) is 10.7 Å². The number of aliphatic hydroxyl groups excluding tert-OH is 2. The van der Waals surface area contributed by atoms with Gasteiger partial charge in [-0.15, -0.1) is 0 Å². The summed E-state index contributed by atoms with van der Waals surface area (Å²) < 4.78 is 2.59. The van der Waals surface area contributed by atoms with Crippen LogP contribution in [0.4, 0.5) is 15.8 Å². The molecule has 1 aromatic carbocycles. The second kappa shape index (κ2) is 8.59. The molecular weight excluding hydrogens is 440 g/mol. The van der Waals surface area contributed by atoms with Gasteiger partial charge in [0.25, 0.3) is 11.5 Å². The van der Waals surface area contributed by atoms with Gasteiger partial charge in [-0.05, 0) is 30.1 Å². The quantitative estimate of drug-likeness (QED) is 0.274. The van der Waals surface area contributed by atoms with E-state index in [4.69, 9.17) is 10.8 Å². The molecule has 0 radical (unpaired) electrons. The minimum absolute atomic E-state index is 0.00352. The molecule has 0 saturated heterocycles. The molecule has 2 aromatic heterocycles. The van der Waals surface area contributed by atoms with Crippen LogP contribution < -0.4 is 21.5 Å². The fourth-order valence-corrected chi connectivity index (χ4v) is 4.79. The van der Waals surface area contributed by atoms with Crippen molar-refractivity contribution < 1.29 is 15.0 Å². The number of hydrogen-bond donors (Lipinski definition) is 5. The zero-order valence-electron chi connectivity index (χ0n) is 16.4. The number of nitrogens with zero attached hydrogens (tertiary/aromatic N) is 3. The Balaban J connectivity index is 1.57. The summed E-state index contributed by atoms with van der Waals surface area (Å²) in [6.45, 7) is 1.47. The van der Waals surface area contributed by atoms with E-state index >= 15 is 0 Å². The highest BCUT2D eigenvalue weighted by molar-refractivity contribution is 7.18. The van der Waals surface area contributed by atoms with Gasteiger partial charge in [0.05, 0.1) is 24.5 Å². The molecule has 2 atom stereocenters. The Morgan fingerprint density at radius 2 is 2.26 bits per heavy atom. The van der Waals surface area contributed by atoms with Crippen LogP contribution in [0.5, 0.6) is 0 Å². The maximum absolute atomic E-state index is 13.0. The summed E-state index contributed by atoms with van der Waals surface area (Å²) in [7, 11) is 0. The minimum atomic E-state index is -0.936. The SMILES string of the molecule is CC(CO)N=C(N)c1c(Nc2ncc(C(=O)N3c4ccccc4CC3O)s2)s[nH]c1=O. The van der Waals surface area contributed by atoms with Gasteiger partial charge in [0.2, 0.25) is 0 Å². The summed E-state index contributed by atoms with van der Waals surface area (Å²) in [5.74, 6) is -0.362. The van der Waals surface area contributed by atoms with Gasteiger partial charge in [-0.3, -0.25) is 23.9 Å². The Labute approximate surface area is 184 Å². The van der Waals surface area contributed by atoms with E-state index in [0.717, 1.165) is 28.4 Å². The summed E-state index contributed by atoms with van der Waals surface area (Å²) in [6, 6.07) is 6.90. The highest BCUT2D eigenvalue weighted by atomic mass is 32.1. The Bertz CT molecular complexity index is 1200. The maximum Gasteiger partial charge on any atom is 0.272 e. The molecule has 0 bridgehead atoms. The van der Waals surface area contributed by atoms with E-state index in [1.165, 1.54) is 11.1 Å². The topological polar surface area (TPSA) is 157 Å². The molecule has 6 N–H and O–H groups in total. The van der Waals surface area contributed by atoms with Crippen LogP contribution >= 0.6 is 22.9 Å². The van der Waals surface area contributed by atoms with Crippen LogP contribution in [0.2, 0.25) is 0 Å². The van der Waals surface area contributed by atoms with Crippen LogP contribution in [0.25, 0.3) is 0 Å². The summed E-state index contributed by atoms with van der Waals surface area (Å²) in [6.07, 6.45) is 0.857. The third kappa shape index (κ3) is 4.10. The molecule has 1 aliphatic heterocycles. The smallest absolute Gasteiger partial charge is 0.272 e. The predicted molar refractivity (Wildman–Crippen MR) is 121 cm³/mol. The number of hydrogen-bond acceptors (Lipinski definition) is 9. The van der Waals surface area contributed by atoms with Gasteiger partial charge in [-0.1, -0.05) is 29.5 Å². The standard InChI is InChI=1S/C19H20N6O4S2/c1-9(8-26)22-15(20)14-16(28)24-31-17(14)23-19-21-7-12(30-19)18(29)25-11-5-3-2-4-10(11)6-13(25)27/h2-5,7,9,13,26-27H,6,8H2,1H3,(H2,20,22)(H,21,23)(H,24,28). The van der Waals surface area contributed by atoms with Gasteiger partial charge in [-0.2, -0.15) is 0 Å². The summed E-state index contributed by atoms with van der Waals surface area (Å²) in [5, 5.41) is 23.3. The number of nitrogens with one attached hydrogen (secondary N) is 2. The van der Waals surface area contributed by atoms with E-state index in [2.05, 4.69) is 19.7 Å². The van der Waals surface area contributed by atoms with Gasteiger partial charge >= 0.3 is 0 Å². The van der Waals surface area contributed by atoms with Crippen LogP contribution in [0.15, 0.2) is 40.2 Å². The first-order valence-corrected chi connectivity index (χ1v) is 11.0. The van der Waals surface area contributed by atoms with Gasteiger partial charge in [0.1, 0.15) is 27.5 Å². The Morgan fingerprint density at radius 3 is 3.03 bits per heavy atom. The van der Waals surface area contributed by atoms with Gasteiger partial charge in [0, 0.05) is 6.42 Å². The Morgan fingerprint density at radius 1 is 1.48 bits per heavy atom. The van der Waals surface area contributed by atoms with Crippen molar-refractivity contribution in [3.8, 4) is 0 Å². The largest absolute Gasteiger partial charge is 0.394 e. The summed E-state index contributed by atoms with van der Waals surface area (Å²) in [4.78, 5) is 35.2. The number of H-pyrrole nitrogens is 1. The molecule has 0 fully saturated rings. The van der Waals surface area contributed by atoms with Crippen LogP contribution in [0.3, 0.4) is 0 Å². The van der Waals surface area contributed by atoms with E-state index in [0.29, 0.717) is 27.1 Å². The fourth-order valence-electron chi connectivity index (χ4n) is 3.22. The molecule has 0 spiro atoms. The van der Waals surface area contributed by atoms with Crippen LogP contribution in [-0.2, 0) is 6.42 Å². The monoisotopic (exact) mass is 460 g/mol. The van der Waals surface area contributed by atoms with Crippen molar-refractivity contribution in [2.45, 2.75) is 25.6 Å². The first-order chi connectivity index (χ1) is 14.9. The van der Waals surface area contributed by atoms with E-state index < -0.39 is 17.8 Å². The lowest BCUT2D eigenvalue weighted by Crippen LogP contribution is -2.37. The Kier molecular flexibility index (Phi) is 5.87. The zero-order chi connectivity index (χ0) is 22.1. The van der Waals surface area contributed by atoms with Crippen LogP contribution in [-0.4, -0.2) is 50.2 Å². The molecule has 2 unspecified atom stereocenters. The number of aromatic nitrogens is 2. The summed E-state index contributed by atoms with van der Waals surface area (Å²) >= 11 is 2.12. The Hall–Kier alpha value is -3.06. The van der Waals surface area contributed by atoms with Crippen molar-refractivity contribution in [1.29, 1.82) is 0 Å². The molecule has 12 heteroatoms. The lowest BCUT2D eigenvalue weighted by molar-refractivity contribution is 0.0907. The second-order valence-electron chi connectivity index (χ2n) is 6.93. The molecule has 10 nitrogen and oxygen atoms in total. The number of aromatic amines is 1. The van der Waals surface area contributed by atoms with Crippen molar-refractivity contribution in [3.05, 3.63) is 56.8 Å². The van der Waals surface area contributed by atoms with E-state index in [1.54, 1.807) is 13.0 Å². The molecule has 1 amide bonds. The molecule has 0 aliphatic carbocycles. The van der Waals surface area contributed by atoms with Crippen LogP contribution in [0.1, 0.15) is 27.7 Å². The molecule has 31 heavy (non-hydrogen) atoms. The molecule has 4 rings (SSSR count). The predicted octanol–water partition coefficient (Wildman–Crippen LogP) is 1.24. The zero-order valence-corrected chi connectivity index (χ0v) is 18.0. The number of aliphatic imine (C=N–C) groups is 1. The second-order valence-corrected chi connectivity index (χ2v) is 8.77. The molecule has 3 aromatic rings. The van der Waals surface area contributed by atoms with Gasteiger partial charge < -0.3 is 21.3 Å². The molecule has 0 saturated carbocycles. The van der Waals surface area contributed by atoms with E-state index in [9.17, 15) is 14.7 Å². The van der Waals surface area contributed by atoms with Crippen molar-refractivity contribution in [2.75, 3.05) is 16.8 Å². The number of carbonyl (C=O) groups excluding carboxylic acids is 1. The fraction of sp³-hybridized carbons (Fsp3) is 0.263. The van der Waals surface area contributed by atoms with Crippen molar-refractivity contribution >= 4 is 50.4 Å². The first-order valence-electron chi connectivity index (χ1n) is 9.37. The van der Waals surface area contributed by atoms with Crippen molar-refractivity contribution in [3.63, 3.8) is 0 Å². The highest BCUT2D eigenvalue weighted by Crippen LogP contribution is 2.34. The normalized spacial score (nSPS) is 16.9. The number of para-hydroxylation sites is 1. The number of amidine groups is 1. The minimum Gasteiger partial charge on any atom is -0.394 e. The summed E-state index contributed by atoms with van der Waals surface area (Å²) in [5.41, 5.74) is 7.26. The number of carbonyl (C=O) groups is 1. The molecule has 3 heterocycles. The molecular formula is C19H20N6O4S2.